The summed E-state index contributed by atoms with van der Waals surface area (Å²) in [5.74, 6) is 0.236. The molecule has 3 nitrogen and oxygen atoms in total. The van der Waals surface area contributed by atoms with E-state index in [9.17, 15) is 10.2 Å². The van der Waals surface area contributed by atoms with E-state index in [1.165, 1.54) is 22.7 Å². The Morgan fingerprint density at radius 2 is 1.79 bits per heavy atom. The van der Waals surface area contributed by atoms with Gasteiger partial charge in [-0.25, -0.2) is 0 Å². The largest absolute Gasteiger partial charge is 0.506 e. The molecule has 0 fully saturated rings. The molecule has 0 aliphatic heterocycles. The lowest BCUT2D eigenvalue weighted by molar-refractivity contribution is 0.187. The maximum atomic E-state index is 9.52. The molecule has 74 valence electrons. The van der Waals surface area contributed by atoms with Crippen molar-refractivity contribution in [2.45, 2.75) is 6.23 Å². The Kier molecular flexibility index (Phi) is 2.56. The van der Waals surface area contributed by atoms with Gasteiger partial charge in [0, 0.05) is 5.56 Å². The van der Waals surface area contributed by atoms with Crippen LogP contribution in [0.2, 0.25) is 0 Å². The number of hydrogen-bond donors (Lipinski definition) is 3. The zero-order valence-electron chi connectivity index (χ0n) is 7.18. The lowest BCUT2D eigenvalue weighted by Crippen LogP contribution is -2.07. The third kappa shape index (κ3) is 1.55. The van der Waals surface area contributed by atoms with Gasteiger partial charge in [-0.15, -0.1) is 22.7 Å². The molecule has 5 heteroatoms. The molecule has 14 heavy (non-hydrogen) atoms. The van der Waals surface area contributed by atoms with Gasteiger partial charge in [-0.1, -0.05) is 0 Å². The van der Waals surface area contributed by atoms with E-state index in [1.807, 2.05) is 5.38 Å². The normalized spacial score (nSPS) is 13.0. The highest BCUT2D eigenvalue weighted by atomic mass is 32.1. The van der Waals surface area contributed by atoms with Crippen LogP contribution in [0.5, 0.6) is 5.75 Å². The molecule has 1 unspecified atom stereocenters. The number of rotatable bonds is 2. The minimum atomic E-state index is -0.988. The standard InChI is InChI=1S/C9H9NO2S2/c10-9(12)5-1-3-13-7(5)8-6(11)2-4-14-8/h1-4,9,11-12H,10H2. The number of aliphatic hydroxyl groups is 1. The summed E-state index contributed by atoms with van der Waals surface area (Å²) in [5.41, 5.74) is 6.06. The van der Waals surface area contributed by atoms with Crippen molar-refractivity contribution < 1.29 is 10.2 Å². The van der Waals surface area contributed by atoms with Gasteiger partial charge in [0.05, 0.1) is 9.75 Å². The van der Waals surface area contributed by atoms with E-state index in [-0.39, 0.29) is 5.75 Å². The summed E-state index contributed by atoms with van der Waals surface area (Å²) in [4.78, 5) is 1.60. The molecule has 2 heterocycles. The fourth-order valence-electron chi connectivity index (χ4n) is 1.21. The maximum absolute atomic E-state index is 9.52. The van der Waals surface area contributed by atoms with Crippen LogP contribution in [-0.4, -0.2) is 10.2 Å². The second-order valence-corrected chi connectivity index (χ2v) is 4.62. The molecule has 0 aliphatic carbocycles. The topological polar surface area (TPSA) is 66.5 Å². The summed E-state index contributed by atoms with van der Waals surface area (Å²) in [6, 6.07) is 3.40. The number of nitrogens with two attached hydrogens (primary N) is 1. The summed E-state index contributed by atoms with van der Waals surface area (Å²) >= 11 is 2.89. The third-order valence-electron chi connectivity index (χ3n) is 1.86. The van der Waals surface area contributed by atoms with Gasteiger partial charge in [0.1, 0.15) is 12.0 Å². The van der Waals surface area contributed by atoms with Crippen molar-refractivity contribution in [2.24, 2.45) is 5.73 Å². The molecule has 0 saturated carbocycles. The first-order chi connectivity index (χ1) is 6.70. The zero-order valence-corrected chi connectivity index (χ0v) is 8.81. The van der Waals surface area contributed by atoms with E-state index in [2.05, 4.69) is 0 Å². The van der Waals surface area contributed by atoms with E-state index in [4.69, 9.17) is 5.73 Å². The van der Waals surface area contributed by atoms with Crippen LogP contribution < -0.4 is 5.73 Å². The lowest BCUT2D eigenvalue weighted by atomic mass is 10.2. The summed E-state index contributed by atoms with van der Waals surface area (Å²) in [7, 11) is 0. The minimum Gasteiger partial charge on any atom is -0.506 e. The van der Waals surface area contributed by atoms with E-state index in [0.29, 0.717) is 5.56 Å². The first-order valence-electron chi connectivity index (χ1n) is 3.98. The average Bonchev–Trinajstić information content (AvgIpc) is 2.70. The number of hydrogen-bond acceptors (Lipinski definition) is 5. The second-order valence-electron chi connectivity index (χ2n) is 2.78. The van der Waals surface area contributed by atoms with Gasteiger partial charge >= 0.3 is 0 Å². The average molecular weight is 227 g/mol. The molecule has 0 aliphatic rings. The Labute approximate surface area is 89.1 Å². The van der Waals surface area contributed by atoms with Gasteiger partial charge in [0.25, 0.3) is 0 Å². The van der Waals surface area contributed by atoms with Crippen LogP contribution in [0.25, 0.3) is 9.75 Å². The number of aliphatic hydroxyl groups excluding tert-OH is 1. The minimum absolute atomic E-state index is 0.236. The van der Waals surface area contributed by atoms with Gasteiger partial charge in [0.15, 0.2) is 0 Å². The van der Waals surface area contributed by atoms with Crippen molar-refractivity contribution in [1.82, 2.24) is 0 Å². The van der Waals surface area contributed by atoms with Crippen LogP contribution in [0.15, 0.2) is 22.9 Å². The van der Waals surface area contributed by atoms with Gasteiger partial charge in [-0.05, 0) is 22.9 Å². The Balaban J connectivity index is 2.52. The lowest BCUT2D eigenvalue weighted by Gasteiger charge is -2.04. The Bertz CT molecular complexity index is 433. The molecule has 0 aromatic carbocycles. The van der Waals surface area contributed by atoms with Crippen molar-refractivity contribution in [3.05, 3.63) is 28.5 Å². The van der Waals surface area contributed by atoms with Crippen LogP contribution in [0.3, 0.4) is 0 Å². The highest BCUT2D eigenvalue weighted by molar-refractivity contribution is 7.20. The SMILES string of the molecule is NC(O)c1ccsc1-c1sccc1O. The van der Waals surface area contributed by atoms with Crippen LogP contribution in [0, 0.1) is 0 Å². The summed E-state index contributed by atoms with van der Waals surface area (Å²) in [5, 5.41) is 22.5. The smallest absolute Gasteiger partial charge is 0.135 e. The number of thiophene rings is 2. The van der Waals surface area contributed by atoms with Gasteiger partial charge in [0.2, 0.25) is 0 Å². The molecular formula is C9H9NO2S2. The molecule has 4 N–H and O–H groups in total. The first kappa shape index (κ1) is 9.67. The van der Waals surface area contributed by atoms with Crippen molar-refractivity contribution >= 4 is 22.7 Å². The van der Waals surface area contributed by atoms with Gasteiger partial charge in [-0.3, -0.25) is 0 Å². The predicted molar refractivity (Wildman–Crippen MR) is 58.4 cm³/mol. The zero-order chi connectivity index (χ0) is 10.1. The van der Waals surface area contributed by atoms with Gasteiger partial charge in [-0.2, -0.15) is 0 Å². The molecule has 1 atom stereocenters. The fraction of sp³-hybridized carbons (Fsp3) is 0.111. The molecule has 0 bridgehead atoms. The molecule has 2 rings (SSSR count). The van der Waals surface area contributed by atoms with Crippen molar-refractivity contribution in [3.63, 3.8) is 0 Å². The second kappa shape index (κ2) is 3.70. The van der Waals surface area contributed by atoms with Crippen molar-refractivity contribution in [1.29, 1.82) is 0 Å². The van der Waals surface area contributed by atoms with Crippen LogP contribution in [-0.2, 0) is 0 Å². The molecule has 0 saturated heterocycles. The molecule has 2 aromatic rings. The quantitative estimate of drug-likeness (QED) is 0.688. The Hall–Kier alpha value is -0.880. The highest BCUT2D eigenvalue weighted by Crippen LogP contribution is 2.40. The van der Waals surface area contributed by atoms with E-state index in [0.717, 1.165) is 9.75 Å². The third-order valence-corrected chi connectivity index (χ3v) is 3.86. The van der Waals surface area contributed by atoms with E-state index >= 15 is 0 Å². The predicted octanol–water partition coefficient (Wildman–Crippen LogP) is 2.13. The molecule has 0 radical (unpaired) electrons. The van der Waals surface area contributed by atoms with Crippen LogP contribution >= 0.6 is 22.7 Å². The Morgan fingerprint density at radius 3 is 2.36 bits per heavy atom. The van der Waals surface area contributed by atoms with Crippen molar-refractivity contribution in [2.75, 3.05) is 0 Å². The van der Waals surface area contributed by atoms with E-state index in [1.54, 1.807) is 17.5 Å². The summed E-state index contributed by atoms with van der Waals surface area (Å²) in [6.45, 7) is 0. The van der Waals surface area contributed by atoms with E-state index < -0.39 is 6.23 Å². The molecular weight excluding hydrogens is 218 g/mol. The Morgan fingerprint density at radius 1 is 1.14 bits per heavy atom. The summed E-state index contributed by atoms with van der Waals surface area (Å²) < 4.78 is 0. The fourth-order valence-corrected chi connectivity index (χ4v) is 3.13. The monoisotopic (exact) mass is 227 g/mol. The first-order valence-corrected chi connectivity index (χ1v) is 5.74. The molecule has 0 spiro atoms. The summed E-state index contributed by atoms with van der Waals surface area (Å²) in [6.07, 6.45) is -0.988. The van der Waals surface area contributed by atoms with Crippen LogP contribution in [0.1, 0.15) is 11.8 Å². The van der Waals surface area contributed by atoms with Crippen molar-refractivity contribution in [3.8, 4) is 15.5 Å². The van der Waals surface area contributed by atoms with Crippen LogP contribution in [0.4, 0.5) is 0 Å². The molecule has 2 aromatic heterocycles. The van der Waals surface area contributed by atoms with Gasteiger partial charge < -0.3 is 15.9 Å². The highest BCUT2D eigenvalue weighted by Gasteiger charge is 2.15. The number of aromatic hydroxyl groups is 1. The maximum Gasteiger partial charge on any atom is 0.135 e. The molecule has 0 amide bonds.